The lowest BCUT2D eigenvalue weighted by atomic mass is 10.1. The van der Waals surface area contributed by atoms with Crippen LogP contribution in [0.25, 0.3) is 0 Å². The summed E-state index contributed by atoms with van der Waals surface area (Å²) in [5, 5.41) is 0. The molecule has 0 saturated heterocycles. The van der Waals surface area contributed by atoms with Crippen molar-refractivity contribution in [2.75, 3.05) is 19.1 Å². The number of anilines is 1. The third-order valence-corrected chi connectivity index (χ3v) is 2.45. The number of benzene rings is 1. The molecule has 0 amide bonds. The van der Waals surface area contributed by atoms with Crippen molar-refractivity contribution in [3.8, 4) is 0 Å². The van der Waals surface area contributed by atoms with Crippen LogP contribution < -0.4 is 5.73 Å². The Hall–Kier alpha value is -1.16. The molecule has 0 bridgehead atoms. The average molecular weight is 211 g/mol. The molecule has 0 aliphatic heterocycles. The van der Waals surface area contributed by atoms with Crippen LogP contribution >= 0.6 is 11.8 Å². The molecule has 2 N–H and O–H groups in total. The number of hydrogen-bond donors (Lipinski definition) is 1. The summed E-state index contributed by atoms with van der Waals surface area (Å²) in [6.07, 6.45) is 2.02. The van der Waals surface area contributed by atoms with Gasteiger partial charge in [-0.15, -0.1) is 0 Å². The number of rotatable bonds is 3. The lowest BCUT2D eigenvalue weighted by Gasteiger charge is -2.05. The highest BCUT2D eigenvalue weighted by molar-refractivity contribution is 7.97. The number of nitrogen functional groups attached to an aromatic ring is 1. The first kappa shape index (κ1) is 10.9. The summed E-state index contributed by atoms with van der Waals surface area (Å²) in [7, 11) is 1.34. The smallest absolute Gasteiger partial charge is 0.339 e. The summed E-state index contributed by atoms with van der Waals surface area (Å²) in [5.41, 5.74) is 7.74. The first-order valence-electron chi connectivity index (χ1n) is 4.14. The molecule has 3 nitrogen and oxygen atoms in total. The van der Waals surface area contributed by atoms with Crippen LogP contribution in [0.5, 0.6) is 0 Å². The van der Waals surface area contributed by atoms with Crippen LogP contribution in [0.4, 0.5) is 5.69 Å². The van der Waals surface area contributed by atoms with E-state index >= 15 is 0 Å². The van der Waals surface area contributed by atoms with Crippen molar-refractivity contribution in [3.63, 3.8) is 0 Å². The van der Waals surface area contributed by atoms with Gasteiger partial charge in [0.25, 0.3) is 0 Å². The van der Waals surface area contributed by atoms with Crippen molar-refractivity contribution in [3.05, 3.63) is 29.3 Å². The summed E-state index contributed by atoms with van der Waals surface area (Å²) < 4.78 is 4.59. The Morgan fingerprint density at radius 1 is 1.57 bits per heavy atom. The van der Waals surface area contributed by atoms with Crippen LogP contribution in [0.3, 0.4) is 0 Å². The van der Waals surface area contributed by atoms with Gasteiger partial charge >= 0.3 is 5.97 Å². The standard InChI is InChI=1S/C10H13NO2S/c1-13-10(12)8-4-3-7(6-14-2)5-9(8)11/h3-5H,6,11H2,1-2H3. The first-order chi connectivity index (χ1) is 6.69. The maximum atomic E-state index is 11.2. The Balaban J connectivity index is 2.95. The molecule has 0 aliphatic carbocycles. The fourth-order valence-electron chi connectivity index (χ4n) is 1.16. The number of carbonyl (C=O) groups excluding carboxylic acids is 1. The molecule has 1 aromatic rings. The highest BCUT2D eigenvalue weighted by atomic mass is 32.2. The van der Waals surface area contributed by atoms with E-state index in [1.165, 1.54) is 7.11 Å². The zero-order valence-corrected chi connectivity index (χ0v) is 9.06. The fourth-order valence-corrected chi connectivity index (χ4v) is 1.68. The van der Waals surface area contributed by atoms with Crippen LogP contribution in [0.2, 0.25) is 0 Å². The van der Waals surface area contributed by atoms with Crippen LogP contribution in [0.1, 0.15) is 15.9 Å². The van der Waals surface area contributed by atoms with Crippen molar-refractivity contribution in [2.45, 2.75) is 5.75 Å². The predicted octanol–water partition coefficient (Wildman–Crippen LogP) is 1.92. The van der Waals surface area contributed by atoms with Crippen LogP contribution in [0.15, 0.2) is 18.2 Å². The van der Waals surface area contributed by atoms with Gasteiger partial charge in [0.05, 0.1) is 12.7 Å². The number of thioether (sulfide) groups is 1. The summed E-state index contributed by atoms with van der Waals surface area (Å²) in [6.45, 7) is 0. The van der Waals surface area contributed by atoms with Crippen molar-refractivity contribution in [1.29, 1.82) is 0 Å². The highest BCUT2D eigenvalue weighted by Gasteiger charge is 2.09. The van der Waals surface area contributed by atoms with Crippen LogP contribution in [-0.2, 0) is 10.5 Å². The van der Waals surface area contributed by atoms with Gasteiger partial charge in [0.15, 0.2) is 0 Å². The number of carbonyl (C=O) groups is 1. The number of ether oxygens (including phenoxy) is 1. The van der Waals surface area contributed by atoms with E-state index in [9.17, 15) is 4.79 Å². The van der Waals surface area contributed by atoms with Crippen LogP contribution in [0, 0.1) is 0 Å². The molecule has 14 heavy (non-hydrogen) atoms. The molecule has 0 spiro atoms. The SMILES string of the molecule is COC(=O)c1ccc(CSC)cc1N. The fraction of sp³-hybridized carbons (Fsp3) is 0.300. The lowest BCUT2D eigenvalue weighted by molar-refractivity contribution is 0.0602. The third kappa shape index (κ3) is 2.42. The van der Waals surface area contributed by atoms with Gasteiger partial charge < -0.3 is 10.5 Å². The Kier molecular flexibility index (Phi) is 3.83. The van der Waals surface area contributed by atoms with E-state index in [1.54, 1.807) is 17.8 Å². The molecule has 4 heteroatoms. The van der Waals surface area contributed by atoms with Crippen molar-refractivity contribution in [1.82, 2.24) is 0 Å². The molecule has 1 rings (SSSR count). The van der Waals surface area contributed by atoms with Gasteiger partial charge in [0.2, 0.25) is 0 Å². The monoisotopic (exact) mass is 211 g/mol. The molecule has 0 atom stereocenters. The van der Waals surface area contributed by atoms with Crippen molar-refractivity contribution in [2.24, 2.45) is 0 Å². The molecule has 1 aromatic carbocycles. The number of methoxy groups -OCH3 is 1. The van der Waals surface area contributed by atoms with E-state index in [0.717, 1.165) is 11.3 Å². The summed E-state index contributed by atoms with van der Waals surface area (Å²) >= 11 is 1.71. The maximum absolute atomic E-state index is 11.2. The Morgan fingerprint density at radius 3 is 2.79 bits per heavy atom. The first-order valence-corrected chi connectivity index (χ1v) is 5.54. The minimum absolute atomic E-state index is 0.391. The molecule has 0 radical (unpaired) electrons. The Bertz CT molecular complexity index is 339. The summed E-state index contributed by atoms with van der Waals surface area (Å²) in [4.78, 5) is 11.2. The lowest BCUT2D eigenvalue weighted by Crippen LogP contribution is -2.05. The summed E-state index contributed by atoms with van der Waals surface area (Å²) in [5.74, 6) is 0.504. The zero-order valence-electron chi connectivity index (χ0n) is 8.24. The van der Waals surface area contributed by atoms with Gasteiger partial charge in [-0.1, -0.05) is 6.07 Å². The highest BCUT2D eigenvalue weighted by Crippen LogP contribution is 2.18. The number of nitrogens with two attached hydrogens (primary N) is 1. The average Bonchev–Trinajstić information content (AvgIpc) is 2.17. The molecule has 0 fully saturated rings. The molecular formula is C10H13NO2S. The predicted molar refractivity (Wildman–Crippen MR) is 59.4 cm³/mol. The van der Waals surface area contributed by atoms with E-state index in [2.05, 4.69) is 4.74 Å². The molecule has 76 valence electrons. The van der Waals surface area contributed by atoms with E-state index in [-0.39, 0.29) is 0 Å². The third-order valence-electron chi connectivity index (χ3n) is 1.83. The number of hydrogen-bond acceptors (Lipinski definition) is 4. The van der Waals surface area contributed by atoms with E-state index < -0.39 is 5.97 Å². The van der Waals surface area contributed by atoms with E-state index in [1.807, 2.05) is 18.4 Å². The quantitative estimate of drug-likeness (QED) is 0.613. The second kappa shape index (κ2) is 4.91. The van der Waals surface area contributed by atoms with Gasteiger partial charge in [-0.3, -0.25) is 0 Å². The van der Waals surface area contributed by atoms with E-state index in [4.69, 9.17) is 5.73 Å². The normalized spacial score (nSPS) is 9.86. The van der Waals surface area contributed by atoms with Gasteiger partial charge in [-0.2, -0.15) is 11.8 Å². The van der Waals surface area contributed by atoms with Gasteiger partial charge in [0.1, 0.15) is 0 Å². The van der Waals surface area contributed by atoms with Crippen LogP contribution in [-0.4, -0.2) is 19.3 Å². The molecular weight excluding hydrogens is 198 g/mol. The maximum Gasteiger partial charge on any atom is 0.339 e. The zero-order chi connectivity index (χ0) is 10.6. The molecule has 0 aliphatic rings. The molecule has 0 saturated carbocycles. The molecule has 0 unspecified atom stereocenters. The van der Waals surface area contributed by atoms with E-state index in [0.29, 0.717) is 11.3 Å². The largest absolute Gasteiger partial charge is 0.465 e. The minimum Gasteiger partial charge on any atom is -0.465 e. The van der Waals surface area contributed by atoms with Gasteiger partial charge in [-0.25, -0.2) is 4.79 Å². The second-order valence-corrected chi connectivity index (χ2v) is 3.71. The Morgan fingerprint density at radius 2 is 2.29 bits per heavy atom. The number of esters is 1. The second-order valence-electron chi connectivity index (χ2n) is 2.85. The van der Waals surface area contributed by atoms with Gasteiger partial charge in [0, 0.05) is 11.4 Å². The summed E-state index contributed by atoms with van der Waals surface area (Å²) in [6, 6.07) is 5.40. The van der Waals surface area contributed by atoms with Crippen molar-refractivity contribution >= 4 is 23.4 Å². The minimum atomic E-state index is -0.391. The van der Waals surface area contributed by atoms with Gasteiger partial charge in [-0.05, 0) is 24.0 Å². The Labute approximate surface area is 87.6 Å². The topological polar surface area (TPSA) is 52.3 Å². The van der Waals surface area contributed by atoms with Crippen molar-refractivity contribution < 1.29 is 9.53 Å². The molecule has 0 heterocycles. The molecule has 0 aromatic heterocycles.